The molecule has 7 heteroatoms. The molecule has 0 heterocycles. The van der Waals surface area contributed by atoms with Crippen LogP contribution >= 0.6 is 23.8 Å². The monoisotopic (exact) mass is 321 g/mol. The maximum atomic E-state index is 10.7. The number of hydrogen-bond acceptors (Lipinski definition) is 3. The van der Waals surface area contributed by atoms with Gasteiger partial charge < -0.3 is 10.6 Å². The molecule has 21 heavy (non-hydrogen) atoms. The van der Waals surface area contributed by atoms with Crippen LogP contribution in [0.2, 0.25) is 5.02 Å². The van der Waals surface area contributed by atoms with Gasteiger partial charge in [-0.1, -0.05) is 29.8 Å². The van der Waals surface area contributed by atoms with Gasteiger partial charge in [-0.05, 0) is 36.8 Å². The van der Waals surface area contributed by atoms with Gasteiger partial charge in [-0.3, -0.25) is 10.1 Å². The molecule has 108 valence electrons. The average molecular weight is 322 g/mol. The van der Waals surface area contributed by atoms with E-state index in [1.807, 2.05) is 31.2 Å². The topological polar surface area (TPSA) is 67.2 Å². The summed E-state index contributed by atoms with van der Waals surface area (Å²) in [4.78, 5) is 10.2. The van der Waals surface area contributed by atoms with E-state index in [1.54, 1.807) is 0 Å². The van der Waals surface area contributed by atoms with Gasteiger partial charge in [0.1, 0.15) is 0 Å². The Balaban J connectivity index is 2.10. The summed E-state index contributed by atoms with van der Waals surface area (Å²) in [5, 5.41) is 17.2. The number of nitrogens with one attached hydrogen (secondary N) is 2. The van der Waals surface area contributed by atoms with E-state index in [1.165, 1.54) is 18.2 Å². The van der Waals surface area contributed by atoms with Crippen LogP contribution in [0.5, 0.6) is 0 Å². The number of anilines is 2. The van der Waals surface area contributed by atoms with E-state index in [2.05, 4.69) is 10.6 Å². The minimum absolute atomic E-state index is 0.0664. The first-order valence-corrected chi connectivity index (χ1v) is 6.83. The number of nitrogens with zero attached hydrogens (tertiary/aromatic N) is 1. The predicted molar refractivity (Wildman–Crippen MR) is 89.1 cm³/mol. The fourth-order valence-electron chi connectivity index (χ4n) is 1.71. The first kappa shape index (κ1) is 15.2. The number of nitro groups is 1. The van der Waals surface area contributed by atoms with Crippen molar-refractivity contribution in [3.63, 3.8) is 0 Å². The molecular weight excluding hydrogens is 310 g/mol. The van der Waals surface area contributed by atoms with Crippen LogP contribution in [-0.4, -0.2) is 10.0 Å². The van der Waals surface area contributed by atoms with Crippen molar-refractivity contribution in [3.05, 3.63) is 63.2 Å². The summed E-state index contributed by atoms with van der Waals surface area (Å²) < 4.78 is 0. The van der Waals surface area contributed by atoms with Gasteiger partial charge in [-0.15, -0.1) is 0 Å². The minimum atomic E-state index is -0.500. The maximum absolute atomic E-state index is 10.7. The van der Waals surface area contributed by atoms with Gasteiger partial charge in [0, 0.05) is 17.8 Å². The van der Waals surface area contributed by atoms with Crippen LogP contribution in [0, 0.1) is 17.0 Å². The van der Waals surface area contributed by atoms with Gasteiger partial charge in [-0.25, -0.2) is 0 Å². The molecule has 0 radical (unpaired) electrons. The quantitative estimate of drug-likeness (QED) is 0.499. The number of halogens is 1. The van der Waals surface area contributed by atoms with Crippen molar-refractivity contribution in [1.29, 1.82) is 0 Å². The number of para-hydroxylation sites is 1. The van der Waals surface area contributed by atoms with Crippen LogP contribution < -0.4 is 10.6 Å². The van der Waals surface area contributed by atoms with Crippen molar-refractivity contribution in [1.82, 2.24) is 0 Å². The Labute approximate surface area is 132 Å². The predicted octanol–water partition coefficient (Wildman–Crippen LogP) is 4.37. The second-order valence-electron chi connectivity index (χ2n) is 4.32. The number of nitro benzene ring substituents is 1. The van der Waals surface area contributed by atoms with Gasteiger partial charge >= 0.3 is 0 Å². The van der Waals surface area contributed by atoms with E-state index in [4.69, 9.17) is 23.8 Å². The standard InChI is InChI=1S/C14H12ClN3O2S/c1-9-4-2-3-5-12(9)16-14(21)17-13-7-6-10(18(19)20)8-11(13)15/h2-8H,1H3,(H2,16,17,21). The molecule has 2 aromatic rings. The van der Waals surface area contributed by atoms with Crippen LogP contribution in [0.4, 0.5) is 17.1 Å². The molecule has 0 aliphatic carbocycles. The van der Waals surface area contributed by atoms with E-state index in [0.29, 0.717) is 10.8 Å². The number of aryl methyl sites for hydroxylation is 1. The van der Waals surface area contributed by atoms with Crippen molar-refractivity contribution in [2.24, 2.45) is 0 Å². The summed E-state index contributed by atoms with van der Waals surface area (Å²) >= 11 is 11.2. The number of thiocarbonyl (C=S) groups is 1. The van der Waals surface area contributed by atoms with Crippen LogP contribution in [0.1, 0.15) is 5.56 Å². The van der Waals surface area contributed by atoms with E-state index in [0.717, 1.165) is 11.3 Å². The molecule has 0 unspecified atom stereocenters. The molecule has 2 rings (SSSR count). The van der Waals surface area contributed by atoms with E-state index in [9.17, 15) is 10.1 Å². The van der Waals surface area contributed by atoms with E-state index >= 15 is 0 Å². The lowest BCUT2D eigenvalue weighted by Gasteiger charge is -2.13. The van der Waals surface area contributed by atoms with Crippen molar-refractivity contribution < 1.29 is 4.92 Å². The Bertz CT molecular complexity index is 706. The molecule has 0 saturated carbocycles. The highest BCUT2D eigenvalue weighted by atomic mass is 35.5. The second-order valence-corrected chi connectivity index (χ2v) is 5.13. The summed E-state index contributed by atoms with van der Waals surface area (Å²) in [6, 6.07) is 11.9. The summed E-state index contributed by atoms with van der Waals surface area (Å²) in [5.41, 5.74) is 2.38. The molecular formula is C14H12ClN3O2S. The number of benzene rings is 2. The third kappa shape index (κ3) is 3.90. The Morgan fingerprint density at radius 2 is 1.86 bits per heavy atom. The number of hydrogen-bond donors (Lipinski definition) is 2. The second kappa shape index (κ2) is 6.51. The van der Waals surface area contributed by atoms with Crippen LogP contribution in [-0.2, 0) is 0 Å². The van der Waals surface area contributed by atoms with Gasteiger partial charge in [0.2, 0.25) is 0 Å². The van der Waals surface area contributed by atoms with Crippen LogP contribution in [0.3, 0.4) is 0 Å². The molecule has 0 aromatic heterocycles. The molecule has 0 spiro atoms. The van der Waals surface area contributed by atoms with Gasteiger partial charge in [-0.2, -0.15) is 0 Å². The number of rotatable bonds is 3. The lowest BCUT2D eigenvalue weighted by molar-refractivity contribution is -0.384. The minimum Gasteiger partial charge on any atom is -0.332 e. The molecule has 2 aromatic carbocycles. The molecule has 5 nitrogen and oxygen atoms in total. The molecule has 0 aliphatic rings. The van der Waals surface area contributed by atoms with Gasteiger partial charge in [0.05, 0.1) is 15.6 Å². The fourth-order valence-corrected chi connectivity index (χ4v) is 2.15. The maximum Gasteiger partial charge on any atom is 0.271 e. The third-order valence-corrected chi connectivity index (χ3v) is 3.32. The Kier molecular flexibility index (Phi) is 4.72. The van der Waals surface area contributed by atoms with Crippen molar-refractivity contribution in [2.45, 2.75) is 6.92 Å². The first-order valence-electron chi connectivity index (χ1n) is 6.05. The number of non-ortho nitro benzene ring substituents is 1. The molecule has 0 amide bonds. The zero-order chi connectivity index (χ0) is 15.4. The summed E-state index contributed by atoms with van der Waals surface area (Å²) in [6.45, 7) is 1.96. The van der Waals surface area contributed by atoms with Crippen molar-refractivity contribution >= 4 is 46.0 Å². The van der Waals surface area contributed by atoms with Crippen LogP contribution in [0.25, 0.3) is 0 Å². The zero-order valence-electron chi connectivity index (χ0n) is 11.1. The van der Waals surface area contributed by atoms with Crippen LogP contribution in [0.15, 0.2) is 42.5 Å². The highest BCUT2D eigenvalue weighted by molar-refractivity contribution is 7.80. The molecule has 2 N–H and O–H groups in total. The van der Waals surface area contributed by atoms with Gasteiger partial charge in [0.15, 0.2) is 5.11 Å². The lowest BCUT2D eigenvalue weighted by atomic mass is 10.2. The largest absolute Gasteiger partial charge is 0.332 e. The highest BCUT2D eigenvalue weighted by Crippen LogP contribution is 2.26. The van der Waals surface area contributed by atoms with E-state index in [-0.39, 0.29) is 10.7 Å². The third-order valence-electron chi connectivity index (χ3n) is 2.80. The zero-order valence-corrected chi connectivity index (χ0v) is 12.7. The smallest absolute Gasteiger partial charge is 0.271 e. The molecule has 0 aliphatic heterocycles. The molecule has 0 atom stereocenters. The molecule has 0 fully saturated rings. The average Bonchev–Trinajstić information content (AvgIpc) is 2.43. The fraction of sp³-hybridized carbons (Fsp3) is 0.0714. The highest BCUT2D eigenvalue weighted by Gasteiger charge is 2.10. The Morgan fingerprint density at radius 1 is 1.19 bits per heavy atom. The Morgan fingerprint density at radius 3 is 2.48 bits per heavy atom. The normalized spacial score (nSPS) is 10.0. The molecule has 0 saturated heterocycles. The summed E-state index contributed by atoms with van der Waals surface area (Å²) in [6.07, 6.45) is 0. The lowest BCUT2D eigenvalue weighted by Crippen LogP contribution is -2.19. The Hall–Kier alpha value is -2.18. The summed E-state index contributed by atoms with van der Waals surface area (Å²) in [7, 11) is 0. The SMILES string of the molecule is Cc1ccccc1NC(=S)Nc1ccc([N+](=O)[O-])cc1Cl. The van der Waals surface area contributed by atoms with E-state index < -0.39 is 4.92 Å². The first-order chi connectivity index (χ1) is 9.97. The van der Waals surface area contributed by atoms with Gasteiger partial charge in [0.25, 0.3) is 5.69 Å². The summed E-state index contributed by atoms with van der Waals surface area (Å²) in [5.74, 6) is 0. The van der Waals surface area contributed by atoms with Crippen molar-refractivity contribution in [3.8, 4) is 0 Å². The molecule has 0 bridgehead atoms. The van der Waals surface area contributed by atoms with Crippen molar-refractivity contribution in [2.75, 3.05) is 10.6 Å².